The number of aliphatic carboxylic acids is 1. The zero-order valence-corrected chi connectivity index (χ0v) is 20.6. The summed E-state index contributed by atoms with van der Waals surface area (Å²) in [6, 6.07) is 0. The molecule has 0 spiro atoms. The fraction of sp³-hybridized carbons (Fsp3) is 0.926. The summed E-state index contributed by atoms with van der Waals surface area (Å²) >= 11 is 0. The minimum absolute atomic E-state index is 0.0421. The number of esters is 1. The van der Waals surface area contributed by atoms with Gasteiger partial charge in [0.25, 0.3) is 0 Å². The second kappa shape index (κ2) is 8.92. The topological polar surface area (TPSA) is 83.8 Å². The van der Waals surface area contributed by atoms with Crippen molar-refractivity contribution >= 4 is 11.9 Å². The first kappa shape index (κ1) is 24.0. The smallest absolute Gasteiger partial charge is 0.308 e. The normalized spacial score (nSPS) is 42.2. The predicted octanol–water partition coefficient (Wildman–Crippen LogP) is 5.15. The number of carboxylic acid groups (broad SMARTS) is 1. The quantitative estimate of drug-likeness (QED) is 0.502. The molecule has 182 valence electrons. The van der Waals surface area contributed by atoms with Crippen molar-refractivity contribution in [1.82, 2.24) is 0 Å². The van der Waals surface area contributed by atoms with E-state index in [-0.39, 0.29) is 24.2 Å². The molecule has 4 fully saturated rings. The van der Waals surface area contributed by atoms with Crippen LogP contribution in [0.5, 0.6) is 0 Å². The SMILES string of the molecule is CC(CC1C(CC2C3CCC(C3)C2C)C2CC(C(O)CC(=O)OC(C)(C)C)C1C2)C(=O)O. The van der Waals surface area contributed by atoms with Crippen LogP contribution in [0.2, 0.25) is 0 Å². The summed E-state index contributed by atoms with van der Waals surface area (Å²) in [5, 5.41) is 20.6. The van der Waals surface area contributed by atoms with Crippen LogP contribution in [0.4, 0.5) is 0 Å². The van der Waals surface area contributed by atoms with Crippen molar-refractivity contribution < 1.29 is 24.5 Å². The Hall–Kier alpha value is -1.10. The number of carbonyl (C=O) groups is 2. The van der Waals surface area contributed by atoms with Crippen LogP contribution >= 0.6 is 0 Å². The zero-order chi connectivity index (χ0) is 23.4. The van der Waals surface area contributed by atoms with Crippen LogP contribution in [-0.2, 0) is 14.3 Å². The molecule has 11 atom stereocenters. The van der Waals surface area contributed by atoms with Crippen molar-refractivity contribution in [1.29, 1.82) is 0 Å². The third-order valence-corrected chi connectivity index (χ3v) is 9.82. The van der Waals surface area contributed by atoms with Gasteiger partial charge in [-0.05, 0) is 119 Å². The fourth-order valence-electron chi connectivity index (χ4n) is 8.45. The van der Waals surface area contributed by atoms with Crippen LogP contribution in [0.25, 0.3) is 0 Å². The van der Waals surface area contributed by atoms with Crippen molar-refractivity contribution in [2.45, 2.75) is 97.7 Å². The van der Waals surface area contributed by atoms with Crippen LogP contribution in [0.3, 0.4) is 0 Å². The Morgan fingerprint density at radius 1 is 1.00 bits per heavy atom. The molecule has 2 N–H and O–H groups in total. The molecule has 0 amide bonds. The molecule has 5 heteroatoms. The summed E-state index contributed by atoms with van der Waals surface area (Å²) in [6.07, 6.45) is 7.55. The van der Waals surface area contributed by atoms with Crippen molar-refractivity contribution in [3.8, 4) is 0 Å². The lowest BCUT2D eigenvalue weighted by atomic mass is 9.64. The Morgan fingerprint density at radius 3 is 2.28 bits per heavy atom. The molecular formula is C27H44O5. The number of hydrogen-bond donors (Lipinski definition) is 2. The first-order valence-corrected chi connectivity index (χ1v) is 13.1. The van der Waals surface area contributed by atoms with Crippen LogP contribution < -0.4 is 0 Å². The largest absolute Gasteiger partial charge is 0.481 e. The molecule has 0 aliphatic heterocycles. The molecular weight excluding hydrogens is 404 g/mol. The van der Waals surface area contributed by atoms with Gasteiger partial charge in [-0.1, -0.05) is 13.8 Å². The lowest BCUT2D eigenvalue weighted by molar-refractivity contribution is -0.158. The minimum Gasteiger partial charge on any atom is -0.481 e. The van der Waals surface area contributed by atoms with Crippen molar-refractivity contribution in [3.63, 3.8) is 0 Å². The van der Waals surface area contributed by atoms with E-state index in [1.165, 1.54) is 25.7 Å². The van der Waals surface area contributed by atoms with Gasteiger partial charge in [0.05, 0.1) is 18.4 Å². The van der Waals surface area contributed by atoms with Gasteiger partial charge in [-0.15, -0.1) is 0 Å². The molecule has 5 nitrogen and oxygen atoms in total. The monoisotopic (exact) mass is 448 g/mol. The Kier molecular flexibility index (Phi) is 6.70. The average Bonchev–Trinajstić information content (AvgIpc) is 3.43. The Morgan fingerprint density at radius 2 is 1.69 bits per heavy atom. The molecule has 11 unspecified atom stereocenters. The number of aliphatic hydroxyl groups is 1. The van der Waals surface area contributed by atoms with Crippen molar-refractivity contribution in [3.05, 3.63) is 0 Å². The van der Waals surface area contributed by atoms with E-state index in [2.05, 4.69) is 6.92 Å². The number of ether oxygens (including phenoxy) is 1. The summed E-state index contributed by atoms with van der Waals surface area (Å²) in [6.45, 7) is 9.82. The third kappa shape index (κ3) is 4.74. The van der Waals surface area contributed by atoms with E-state index in [0.717, 1.165) is 36.5 Å². The maximum Gasteiger partial charge on any atom is 0.308 e. The van der Waals surface area contributed by atoms with Gasteiger partial charge in [-0.25, -0.2) is 0 Å². The van der Waals surface area contributed by atoms with Gasteiger partial charge in [-0.2, -0.15) is 0 Å². The first-order valence-electron chi connectivity index (χ1n) is 13.1. The number of carboxylic acids is 1. The predicted molar refractivity (Wildman–Crippen MR) is 123 cm³/mol. The molecule has 0 aromatic rings. The van der Waals surface area contributed by atoms with E-state index in [9.17, 15) is 19.8 Å². The number of carbonyl (C=O) groups excluding carboxylic acids is 1. The second-order valence-corrected chi connectivity index (χ2v) is 12.8. The summed E-state index contributed by atoms with van der Waals surface area (Å²) in [5.41, 5.74) is -0.548. The van der Waals surface area contributed by atoms with Crippen LogP contribution in [-0.4, -0.2) is 33.9 Å². The summed E-state index contributed by atoms with van der Waals surface area (Å²) in [7, 11) is 0. The van der Waals surface area contributed by atoms with Gasteiger partial charge in [0.15, 0.2) is 0 Å². The van der Waals surface area contributed by atoms with E-state index in [1.54, 1.807) is 0 Å². The molecule has 0 aromatic carbocycles. The molecule has 0 heterocycles. The molecule has 4 aliphatic carbocycles. The molecule has 0 aromatic heterocycles. The van der Waals surface area contributed by atoms with E-state index in [0.29, 0.717) is 30.1 Å². The summed E-state index contributed by atoms with van der Waals surface area (Å²) < 4.78 is 5.44. The second-order valence-electron chi connectivity index (χ2n) is 12.8. The first-order chi connectivity index (χ1) is 14.9. The van der Waals surface area contributed by atoms with Crippen molar-refractivity contribution in [2.75, 3.05) is 0 Å². The lowest BCUT2D eigenvalue weighted by Crippen LogP contribution is -2.39. The lowest BCUT2D eigenvalue weighted by Gasteiger charge is -2.41. The third-order valence-electron chi connectivity index (χ3n) is 9.82. The number of fused-ring (bicyclic) bond motifs is 4. The van der Waals surface area contributed by atoms with Gasteiger partial charge in [0, 0.05) is 0 Å². The molecule has 32 heavy (non-hydrogen) atoms. The molecule has 0 radical (unpaired) electrons. The van der Waals surface area contributed by atoms with E-state index in [1.807, 2.05) is 27.7 Å². The highest BCUT2D eigenvalue weighted by Gasteiger charge is 2.56. The molecule has 4 saturated carbocycles. The van der Waals surface area contributed by atoms with Crippen LogP contribution in [0.1, 0.15) is 86.0 Å². The molecule has 4 aliphatic rings. The van der Waals surface area contributed by atoms with Gasteiger partial charge >= 0.3 is 11.9 Å². The highest BCUT2D eigenvalue weighted by atomic mass is 16.6. The maximum absolute atomic E-state index is 12.3. The van der Waals surface area contributed by atoms with Crippen LogP contribution in [0, 0.1) is 59.2 Å². The van der Waals surface area contributed by atoms with Gasteiger partial charge < -0.3 is 14.9 Å². The summed E-state index contributed by atoms with van der Waals surface area (Å²) in [5.74, 6) is 3.89. The van der Waals surface area contributed by atoms with E-state index >= 15 is 0 Å². The Bertz CT molecular complexity index is 709. The molecule has 0 saturated heterocycles. The highest BCUT2D eigenvalue weighted by molar-refractivity contribution is 5.70. The van der Waals surface area contributed by atoms with E-state index in [4.69, 9.17) is 4.74 Å². The Balaban J connectivity index is 1.45. The number of rotatable bonds is 8. The Labute approximate surface area is 193 Å². The number of aliphatic hydroxyl groups excluding tert-OH is 1. The fourth-order valence-corrected chi connectivity index (χ4v) is 8.45. The minimum atomic E-state index is -0.717. The van der Waals surface area contributed by atoms with Gasteiger partial charge in [-0.3, -0.25) is 9.59 Å². The standard InChI is InChI=1S/C27H44O5/c1-14(26(30)31)8-21-20(12-19-15(2)16-6-7-17(19)9-16)18-10-22(21)23(11-18)24(28)13-25(29)32-27(3,4)5/h14-24,28H,6-13H2,1-5H3,(H,30,31). The highest BCUT2D eigenvalue weighted by Crippen LogP contribution is 2.62. The zero-order valence-electron chi connectivity index (χ0n) is 20.6. The van der Waals surface area contributed by atoms with Gasteiger partial charge in [0.2, 0.25) is 0 Å². The molecule has 4 bridgehead atoms. The van der Waals surface area contributed by atoms with Crippen LogP contribution in [0.15, 0.2) is 0 Å². The van der Waals surface area contributed by atoms with Crippen molar-refractivity contribution in [2.24, 2.45) is 59.2 Å². The average molecular weight is 449 g/mol. The number of hydrogen-bond acceptors (Lipinski definition) is 4. The molecule has 4 rings (SSSR count). The van der Waals surface area contributed by atoms with E-state index < -0.39 is 17.7 Å². The maximum atomic E-state index is 12.3. The van der Waals surface area contributed by atoms with Gasteiger partial charge in [0.1, 0.15) is 5.60 Å². The summed E-state index contributed by atoms with van der Waals surface area (Å²) in [4.78, 5) is 24.0.